The smallest absolute Gasteiger partial charge is 0.257 e. The second-order valence-corrected chi connectivity index (χ2v) is 8.83. The van der Waals surface area contributed by atoms with Crippen LogP contribution in [-0.4, -0.2) is 67.9 Å². The van der Waals surface area contributed by atoms with E-state index in [1.165, 1.54) is 0 Å². The molecule has 2 fully saturated rings. The van der Waals surface area contributed by atoms with Crippen molar-refractivity contribution in [3.05, 3.63) is 22.6 Å². The van der Waals surface area contributed by atoms with E-state index in [-0.39, 0.29) is 17.7 Å². The van der Waals surface area contributed by atoms with E-state index >= 15 is 0 Å². The Morgan fingerprint density at radius 2 is 1.74 bits per heavy atom. The number of aryl methyl sites for hydroxylation is 2. The number of rotatable bonds is 2. The SMILES string of the molecule is Cc1oc(C)c(C(=O)N2CCN([C@H]3CCS(=O)(=O)C3)CC2)c1C. The summed E-state index contributed by atoms with van der Waals surface area (Å²) in [5.74, 6) is 2.05. The van der Waals surface area contributed by atoms with E-state index in [1.807, 2.05) is 25.7 Å². The second-order valence-electron chi connectivity index (χ2n) is 6.60. The topological polar surface area (TPSA) is 70.8 Å². The third-order valence-corrected chi connectivity index (χ3v) is 6.85. The minimum atomic E-state index is -2.86. The van der Waals surface area contributed by atoms with Gasteiger partial charge in [0, 0.05) is 37.8 Å². The van der Waals surface area contributed by atoms with Gasteiger partial charge in [0.15, 0.2) is 9.84 Å². The zero-order valence-corrected chi connectivity index (χ0v) is 14.8. The van der Waals surface area contributed by atoms with Crippen molar-refractivity contribution < 1.29 is 17.6 Å². The Balaban J connectivity index is 1.64. The maximum atomic E-state index is 12.7. The van der Waals surface area contributed by atoms with Gasteiger partial charge in [-0.15, -0.1) is 0 Å². The summed E-state index contributed by atoms with van der Waals surface area (Å²) in [5.41, 5.74) is 1.59. The number of carbonyl (C=O) groups excluding carboxylic acids is 1. The van der Waals surface area contributed by atoms with E-state index in [9.17, 15) is 13.2 Å². The standard InChI is InChI=1S/C16H24N2O4S/c1-11-12(2)22-13(3)15(11)16(19)18-7-5-17(6-8-18)14-4-9-23(20,21)10-14/h14H,4-10H2,1-3H3/t14-/m0/s1. The molecule has 7 heteroatoms. The number of piperazine rings is 1. The summed E-state index contributed by atoms with van der Waals surface area (Å²) in [6.45, 7) is 8.36. The molecule has 2 aliphatic heterocycles. The quantitative estimate of drug-likeness (QED) is 0.808. The molecule has 0 radical (unpaired) electrons. The highest BCUT2D eigenvalue weighted by molar-refractivity contribution is 7.91. The van der Waals surface area contributed by atoms with Gasteiger partial charge in [-0.1, -0.05) is 0 Å². The number of carbonyl (C=O) groups is 1. The van der Waals surface area contributed by atoms with E-state index in [0.29, 0.717) is 30.2 Å². The molecule has 3 rings (SSSR count). The van der Waals surface area contributed by atoms with Crippen molar-refractivity contribution in [2.45, 2.75) is 33.2 Å². The minimum Gasteiger partial charge on any atom is -0.466 e. The first kappa shape index (κ1) is 16.5. The molecular weight excluding hydrogens is 316 g/mol. The van der Waals surface area contributed by atoms with Crippen LogP contribution in [0.3, 0.4) is 0 Å². The summed E-state index contributed by atoms with van der Waals surface area (Å²) in [7, 11) is -2.86. The first-order valence-corrected chi connectivity index (χ1v) is 9.91. The monoisotopic (exact) mass is 340 g/mol. The number of amides is 1. The maximum Gasteiger partial charge on any atom is 0.257 e. The molecule has 3 heterocycles. The summed E-state index contributed by atoms with van der Waals surface area (Å²) in [6, 6.07) is 0.122. The molecule has 1 amide bonds. The molecule has 23 heavy (non-hydrogen) atoms. The largest absolute Gasteiger partial charge is 0.466 e. The lowest BCUT2D eigenvalue weighted by atomic mass is 10.1. The predicted octanol–water partition coefficient (Wildman–Crippen LogP) is 1.15. The Morgan fingerprint density at radius 1 is 1.09 bits per heavy atom. The van der Waals surface area contributed by atoms with Gasteiger partial charge in [-0.05, 0) is 27.2 Å². The van der Waals surface area contributed by atoms with E-state index in [1.54, 1.807) is 0 Å². The van der Waals surface area contributed by atoms with Gasteiger partial charge in [-0.25, -0.2) is 8.42 Å². The molecule has 0 aromatic carbocycles. The van der Waals surface area contributed by atoms with Crippen LogP contribution in [-0.2, 0) is 9.84 Å². The normalized spacial score (nSPS) is 25.0. The van der Waals surface area contributed by atoms with Crippen LogP contribution in [0.2, 0.25) is 0 Å². The highest BCUT2D eigenvalue weighted by atomic mass is 32.2. The Morgan fingerprint density at radius 3 is 2.22 bits per heavy atom. The van der Waals surface area contributed by atoms with Crippen molar-refractivity contribution in [1.82, 2.24) is 9.80 Å². The van der Waals surface area contributed by atoms with E-state index < -0.39 is 9.84 Å². The maximum absolute atomic E-state index is 12.7. The molecule has 0 aliphatic carbocycles. The highest BCUT2D eigenvalue weighted by Crippen LogP contribution is 2.24. The zero-order valence-electron chi connectivity index (χ0n) is 14.0. The number of sulfone groups is 1. The van der Waals surface area contributed by atoms with Crippen LogP contribution in [0.5, 0.6) is 0 Å². The minimum absolute atomic E-state index is 0.0237. The lowest BCUT2D eigenvalue weighted by Gasteiger charge is -2.37. The van der Waals surface area contributed by atoms with Crippen molar-refractivity contribution in [3.8, 4) is 0 Å². The van der Waals surface area contributed by atoms with Crippen molar-refractivity contribution in [1.29, 1.82) is 0 Å². The highest BCUT2D eigenvalue weighted by Gasteiger charge is 2.35. The Hall–Kier alpha value is -1.34. The molecule has 2 aliphatic rings. The molecular formula is C16H24N2O4S. The summed E-state index contributed by atoms with van der Waals surface area (Å²) in [5, 5.41) is 0. The molecule has 1 aromatic rings. The fourth-order valence-electron chi connectivity index (χ4n) is 3.62. The first-order valence-electron chi connectivity index (χ1n) is 8.09. The molecule has 128 valence electrons. The molecule has 1 aromatic heterocycles. The lowest BCUT2D eigenvalue weighted by molar-refractivity contribution is 0.0585. The van der Waals surface area contributed by atoms with Gasteiger partial charge in [-0.3, -0.25) is 9.69 Å². The van der Waals surface area contributed by atoms with Gasteiger partial charge in [0.25, 0.3) is 5.91 Å². The Bertz CT molecular complexity index is 715. The fraction of sp³-hybridized carbons (Fsp3) is 0.688. The van der Waals surface area contributed by atoms with Gasteiger partial charge in [0.1, 0.15) is 11.5 Å². The van der Waals surface area contributed by atoms with Gasteiger partial charge in [0.2, 0.25) is 0 Å². The first-order chi connectivity index (χ1) is 10.8. The Kier molecular flexibility index (Phi) is 4.27. The molecule has 0 saturated carbocycles. The summed E-state index contributed by atoms with van der Waals surface area (Å²) in [4.78, 5) is 16.8. The average molecular weight is 340 g/mol. The number of hydrogen-bond donors (Lipinski definition) is 0. The van der Waals surface area contributed by atoms with Gasteiger partial charge >= 0.3 is 0 Å². The van der Waals surface area contributed by atoms with E-state index in [0.717, 1.165) is 30.8 Å². The fourth-order valence-corrected chi connectivity index (χ4v) is 5.38. The summed E-state index contributed by atoms with van der Waals surface area (Å²) >= 11 is 0. The van der Waals surface area contributed by atoms with Crippen molar-refractivity contribution in [3.63, 3.8) is 0 Å². The van der Waals surface area contributed by atoms with Crippen molar-refractivity contribution >= 4 is 15.7 Å². The summed E-state index contributed by atoms with van der Waals surface area (Å²) < 4.78 is 28.8. The molecule has 2 saturated heterocycles. The van der Waals surface area contributed by atoms with Gasteiger partial charge < -0.3 is 9.32 Å². The van der Waals surface area contributed by atoms with Crippen LogP contribution < -0.4 is 0 Å². The van der Waals surface area contributed by atoms with Crippen LogP contribution in [0.15, 0.2) is 4.42 Å². The van der Waals surface area contributed by atoms with Crippen LogP contribution >= 0.6 is 0 Å². The zero-order chi connectivity index (χ0) is 16.8. The van der Waals surface area contributed by atoms with Crippen molar-refractivity contribution in [2.75, 3.05) is 37.7 Å². The molecule has 0 spiro atoms. The molecule has 6 nitrogen and oxygen atoms in total. The Labute approximate surface area is 137 Å². The van der Waals surface area contributed by atoms with Crippen LogP contribution in [0, 0.1) is 20.8 Å². The molecule has 1 atom stereocenters. The van der Waals surface area contributed by atoms with E-state index in [2.05, 4.69) is 4.90 Å². The molecule has 0 unspecified atom stereocenters. The van der Waals surface area contributed by atoms with Crippen LogP contribution in [0.25, 0.3) is 0 Å². The summed E-state index contributed by atoms with van der Waals surface area (Å²) in [6.07, 6.45) is 0.718. The average Bonchev–Trinajstić information content (AvgIpc) is 2.98. The van der Waals surface area contributed by atoms with Gasteiger partial charge in [0.05, 0.1) is 17.1 Å². The third-order valence-electron chi connectivity index (χ3n) is 5.10. The van der Waals surface area contributed by atoms with Gasteiger partial charge in [-0.2, -0.15) is 0 Å². The number of furan rings is 1. The number of nitrogens with zero attached hydrogens (tertiary/aromatic N) is 2. The molecule has 0 N–H and O–H groups in total. The third kappa shape index (κ3) is 3.17. The lowest BCUT2D eigenvalue weighted by Crippen LogP contribution is -2.52. The van der Waals surface area contributed by atoms with Crippen molar-refractivity contribution in [2.24, 2.45) is 0 Å². The van der Waals surface area contributed by atoms with E-state index in [4.69, 9.17) is 4.42 Å². The van der Waals surface area contributed by atoms with Crippen LogP contribution in [0.4, 0.5) is 0 Å². The van der Waals surface area contributed by atoms with Crippen LogP contribution in [0.1, 0.15) is 33.9 Å². The number of hydrogen-bond acceptors (Lipinski definition) is 5. The molecule has 0 bridgehead atoms. The second kappa shape index (κ2) is 5.94. The predicted molar refractivity (Wildman–Crippen MR) is 87.5 cm³/mol.